The fraction of sp³-hybridized carbons (Fsp3) is 0.304. The molecule has 1 saturated carbocycles. The van der Waals surface area contributed by atoms with Crippen LogP contribution in [0.15, 0.2) is 60.8 Å². The third-order valence-corrected chi connectivity index (χ3v) is 5.50. The molecule has 5 nitrogen and oxygen atoms in total. The van der Waals surface area contributed by atoms with Gasteiger partial charge < -0.3 is 15.3 Å². The molecule has 1 heterocycles. The quantitative estimate of drug-likeness (QED) is 0.716. The maximum absolute atomic E-state index is 13.0. The zero-order chi connectivity index (χ0) is 19.7. The number of hydrogen-bond acceptors (Lipinski definition) is 4. The molecule has 3 aromatic rings. The molecule has 0 radical (unpaired) electrons. The largest absolute Gasteiger partial charge is 0.393 e. The molecule has 5 heteroatoms. The summed E-state index contributed by atoms with van der Waals surface area (Å²) in [5.74, 6) is 0.0993. The van der Waals surface area contributed by atoms with Crippen molar-refractivity contribution in [2.75, 3.05) is 19.0 Å². The van der Waals surface area contributed by atoms with Crippen molar-refractivity contribution < 1.29 is 9.90 Å². The lowest BCUT2D eigenvalue weighted by Crippen LogP contribution is -2.41. The van der Waals surface area contributed by atoms with E-state index in [4.69, 9.17) is 0 Å². The Bertz CT molecular complexity index is 996. The number of aliphatic hydroxyl groups is 1. The van der Waals surface area contributed by atoms with Crippen molar-refractivity contribution in [3.05, 3.63) is 71.9 Å². The van der Waals surface area contributed by atoms with Crippen LogP contribution in [0.5, 0.6) is 0 Å². The van der Waals surface area contributed by atoms with Gasteiger partial charge in [-0.05, 0) is 54.7 Å². The SMILES string of the molecule is CN(C)c1cccc(C(=O)NC(c2cnc3ccccc3c2)C2CC(O)C2)c1. The van der Waals surface area contributed by atoms with Gasteiger partial charge in [0.1, 0.15) is 0 Å². The first-order valence-electron chi connectivity index (χ1n) is 9.62. The number of aromatic nitrogens is 1. The van der Waals surface area contributed by atoms with Gasteiger partial charge in [0.25, 0.3) is 5.91 Å². The van der Waals surface area contributed by atoms with Crippen molar-refractivity contribution in [1.29, 1.82) is 0 Å². The number of para-hydroxylation sites is 1. The van der Waals surface area contributed by atoms with Crippen LogP contribution in [-0.4, -0.2) is 36.2 Å². The molecule has 1 aromatic heterocycles. The van der Waals surface area contributed by atoms with Gasteiger partial charge in [0, 0.05) is 36.9 Å². The molecule has 144 valence electrons. The normalized spacial score (nSPS) is 19.7. The van der Waals surface area contributed by atoms with Crippen molar-refractivity contribution in [2.24, 2.45) is 5.92 Å². The Balaban J connectivity index is 1.62. The van der Waals surface area contributed by atoms with E-state index in [1.54, 1.807) is 0 Å². The highest BCUT2D eigenvalue weighted by Crippen LogP contribution is 2.38. The van der Waals surface area contributed by atoms with Crippen LogP contribution in [0, 0.1) is 5.92 Å². The minimum Gasteiger partial charge on any atom is -0.393 e. The summed E-state index contributed by atoms with van der Waals surface area (Å²) in [6, 6.07) is 17.5. The Labute approximate surface area is 165 Å². The average molecular weight is 375 g/mol. The van der Waals surface area contributed by atoms with Gasteiger partial charge in [0.2, 0.25) is 0 Å². The first kappa shape index (κ1) is 18.4. The Morgan fingerprint density at radius 3 is 2.68 bits per heavy atom. The summed E-state index contributed by atoms with van der Waals surface area (Å²) >= 11 is 0. The highest BCUT2D eigenvalue weighted by molar-refractivity contribution is 5.95. The topological polar surface area (TPSA) is 65.5 Å². The van der Waals surface area contributed by atoms with Gasteiger partial charge in [-0.25, -0.2) is 0 Å². The third kappa shape index (κ3) is 3.71. The van der Waals surface area contributed by atoms with Crippen LogP contribution in [0.1, 0.15) is 34.8 Å². The molecule has 1 fully saturated rings. The second-order valence-electron chi connectivity index (χ2n) is 7.74. The van der Waals surface area contributed by atoms with Crippen LogP contribution < -0.4 is 10.2 Å². The number of carbonyl (C=O) groups is 1. The van der Waals surface area contributed by atoms with Crippen LogP contribution in [0.4, 0.5) is 5.69 Å². The third-order valence-electron chi connectivity index (χ3n) is 5.50. The van der Waals surface area contributed by atoms with Gasteiger partial charge in [0.05, 0.1) is 17.7 Å². The first-order chi connectivity index (χ1) is 13.5. The van der Waals surface area contributed by atoms with Crippen molar-refractivity contribution >= 4 is 22.5 Å². The molecule has 4 rings (SSSR count). The van der Waals surface area contributed by atoms with E-state index in [1.165, 1.54) is 0 Å². The number of hydrogen-bond donors (Lipinski definition) is 2. The highest BCUT2D eigenvalue weighted by Gasteiger charge is 2.36. The number of fused-ring (bicyclic) bond motifs is 1. The average Bonchev–Trinajstić information content (AvgIpc) is 2.69. The van der Waals surface area contributed by atoms with E-state index in [0.29, 0.717) is 18.4 Å². The van der Waals surface area contributed by atoms with Gasteiger partial charge in [-0.1, -0.05) is 24.3 Å². The molecule has 0 aliphatic heterocycles. The van der Waals surface area contributed by atoms with Crippen LogP contribution in [0.2, 0.25) is 0 Å². The molecular weight excluding hydrogens is 350 g/mol. The lowest BCUT2D eigenvalue weighted by atomic mass is 9.75. The second kappa shape index (κ2) is 7.60. The van der Waals surface area contributed by atoms with E-state index >= 15 is 0 Å². The summed E-state index contributed by atoms with van der Waals surface area (Å²) in [6.07, 6.45) is 2.94. The highest BCUT2D eigenvalue weighted by atomic mass is 16.3. The number of carbonyl (C=O) groups excluding carboxylic acids is 1. The number of rotatable bonds is 5. The fourth-order valence-electron chi connectivity index (χ4n) is 3.78. The number of benzene rings is 2. The molecule has 1 amide bonds. The molecule has 2 aromatic carbocycles. The van der Waals surface area contributed by atoms with E-state index in [1.807, 2.05) is 73.7 Å². The zero-order valence-corrected chi connectivity index (χ0v) is 16.2. The molecule has 28 heavy (non-hydrogen) atoms. The molecular formula is C23H25N3O2. The van der Waals surface area contributed by atoms with Crippen molar-refractivity contribution in [3.63, 3.8) is 0 Å². The van der Waals surface area contributed by atoms with Gasteiger partial charge in [-0.3, -0.25) is 9.78 Å². The van der Waals surface area contributed by atoms with Gasteiger partial charge in [-0.2, -0.15) is 0 Å². The van der Waals surface area contributed by atoms with E-state index in [0.717, 1.165) is 22.2 Å². The summed E-state index contributed by atoms with van der Waals surface area (Å²) in [7, 11) is 3.91. The Morgan fingerprint density at radius 1 is 1.14 bits per heavy atom. The second-order valence-corrected chi connectivity index (χ2v) is 7.74. The van der Waals surface area contributed by atoms with E-state index in [9.17, 15) is 9.90 Å². The van der Waals surface area contributed by atoms with Crippen molar-refractivity contribution in [2.45, 2.75) is 25.0 Å². The number of pyridine rings is 1. The van der Waals surface area contributed by atoms with E-state index in [2.05, 4.69) is 16.4 Å². The minimum absolute atomic E-state index is 0.108. The Kier molecular flexibility index (Phi) is 5.01. The zero-order valence-electron chi connectivity index (χ0n) is 16.2. The number of aliphatic hydroxyl groups excluding tert-OH is 1. The molecule has 1 atom stereocenters. The minimum atomic E-state index is -0.283. The van der Waals surface area contributed by atoms with E-state index < -0.39 is 0 Å². The molecule has 0 saturated heterocycles. The Hall–Kier alpha value is -2.92. The van der Waals surface area contributed by atoms with Gasteiger partial charge >= 0.3 is 0 Å². The monoisotopic (exact) mass is 375 g/mol. The predicted octanol–water partition coefficient (Wildman–Crippen LogP) is 3.54. The predicted molar refractivity (Wildman–Crippen MR) is 111 cm³/mol. The molecule has 1 unspecified atom stereocenters. The lowest BCUT2D eigenvalue weighted by molar-refractivity contribution is 0.0235. The van der Waals surface area contributed by atoms with Crippen LogP contribution in [0.25, 0.3) is 10.9 Å². The smallest absolute Gasteiger partial charge is 0.251 e. The van der Waals surface area contributed by atoms with Crippen LogP contribution in [0.3, 0.4) is 0 Å². The fourth-order valence-corrected chi connectivity index (χ4v) is 3.78. The van der Waals surface area contributed by atoms with Crippen LogP contribution in [-0.2, 0) is 0 Å². The number of amides is 1. The molecule has 1 aliphatic rings. The van der Waals surface area contributed by atoms with Gasteiger partial charge in [0.15, 0.2) is 0 Å². The number of nitrogens with zero attached hydrogens (tertiary/aromatic N) is 2. The summed E-state index contributed by atoms with van der Waals surface area (Å²) in [5, 5.41) is 14.0. The maximum atomic E-state index is 13.0. The number of nitrogens with one attached hydrogen (secondary N) is 1. The molecule has 0 spiro atoms. The van der Waals surface area contributed by atoms with Crippen molar-refractivity contribution in [1.82, 2.24) is 10.3 Å². The maximum Gasteiger partial charge on any atom is 0.251 e. The lowest BCUT2D eigenvalue weighted by Gasteiger charge is -2.38. The molecule has 1 aliphatic carbocycles. The van der Waals surface area contributed by atoms with Gasteiger partial charge in [-0.15, -0.1) is 0 Å². The van der Waals surface area contributed by atoms with Crippen molar-refractivity contribution in [3.8, 4) is 0 Å². The molecule has 2 N–H and O–H groups in total. The summed E-state index contributed by atoms with van der Waals surface area (Å²) in [4.78, 5) is 19.5. The standard InChI is InChI=1S/C23H25N3O2/c1-26(2)19-8-5-7-16(11-19)23(28)25-22(17-12-20(27)13-17)18-10-15-6-3-4-9-21(15)24-14-18/h3-11,14,17,20,22,27H,12-13H2,1-2H3,(H,25,28). The van der Waals surface area contributed by atoms with E-state index in [-0.39, 0.29) is 24.0 Å². The van der Waals surface area contributed by atoms with Crippen LogP contribution >= 0.6 is 0 Å². The summed E-state index contributed by atoms with van der Waals surface area (Å²) in [5.41, 5.74) is 3.52. The summed E-state index contributed by atoms with van der Waals surface area (Å²) < 4.78 is 0. The Morgan fingerprint density at radius 2 is 1.93 bits per heavy atom. The first-order valence-corrected chi connectivity index (χ1v) is 9.62. The number of anilines is 1. The summed E-state index contributed by atoms with van der Waals surface area (Å²) in [6.45, 7) is 0. The molecule has 0 bridgehead atoms.